The van der Waals surface area contributed by atoms with Gasteiger partial charge in [0.15, 0.2) is 10.8 Å². The highest BCUT2D eigenvalue weighted by molar-refractivity contribution is 6.44. The molecule has 0 spiro atoms. The van der Waals surface area contributed by atoms with Crippen LogP contribution in [0.25, 0.3) is 5.76 Å². The second-order valence-corrected chi connectivity index (χ2v) is 3.68. The summed E-state index contributed by atoms with van der Waals surface area (Å²) < 4.78 is 9.72. The van der Waals surface area contributed by atoms with E-state index in [2.05, 4.69) is 0 Å². The fourth-order valence-electron chi connectivity index (χ4n) is 1.51. The van der Waals surface area contributed by atoms with Crippen molar-refractivity contribution in [2.75, 3.05) is 6.61 Å². The van der Waals surface area contributed by atoms with E-state index < -0.39 is 11.9 Å². The molecule has 5 heteroatoms. The zero-order chi connectivity index (χ0) is 12.4. The smallest absolute Gasteiger partial charge is 0.353 e. The summed E-state index contributed by atoms with van der Waals surface area (Å²) in [5, 5.41) is -0.217. The van der Waals surface area contributed by atoms with E-state index in [-0.39, 0.29) is 17.4 Å². The first-order chi connectivity index (χ1) is 8.15. The monoisotopic (exact) mass is 252 g/mol. The fraction of sp³-hybridized carbons (Fsp3) is 0.167. The summed E-state index contributed by atoms with van der Waals surface area (Å²) in [7, 11) is 0. The Morgan fingerprint density at radius 3 is 2.65 bits per heavy atom. The maximum Gasteiger partial charge on any atom is 0.353 e. The lowest BCUT2D eigenvalue weighted by molar-refractivity contribution is -0.137. The van der Waals surface area contributed by atoms with Crippen molar-refractivity contribution in [3.63, 3.8) is 0 Å². The van der Waals surface area contributed by atoms with E-state index in [9.17, 15) is 9.59 Å². The lowest BCUT2D eigenvalue weighted by Crippen LogP contribution is -2.06. The molecule has 1 aromatic rings. The lowest BCUT2D eigenvalue weighted by Gasteiger charge is -2.03. The molecule has 0 radical (unpaired) electrons. The SMILES string of the molecule is CCOC(=O)/C(Cl)=C1/OC(=O)c2ccccc21. The van der Waals surface area contributed by atoms with Crippen molar-refractivity contribution in [3.8, 4) is 0 Å². The highest BCUT2D eigenvalue weighted by atomic mass is 35.5. The third kappa shape index (κ3) is 2.03. The average molecular weight is 253 g/mol. The number of halogens is 1. The van der Waals surface area contributed by atoms with Gasteiger partial charge in [-0.25, -0.2) is 9.59 Å². The quantitative estimate of drug-likeness (QED) is 0.599. The molecule has 0 saturated heterocycles. The zero-order valence-corrected chi connectivity index (χ0v) is 9.78. The van der Waals surface area contributed by atoms with Crippen LogP contribution in [0.5, 0.6) is 0 Å². The van der Waals surface area contributed by atoms with Crippen LogP contribution in [-0.4, -0.2) is 18.5 Å². The minimum atomic E-state index is -0.700. The average Bonchev–Trinajstić information content (AvgIpc) is 2.67. The lowest BCUT2D eigenvalue weighted by atomic mass is 10.1. The van der Waals surface area contributed by atoms with Crippen molar-refractivity contribution in [1.82, 2.24) is 0 Å². The number of carbonyl (C=O) groups excluding carboxylic acids is 2. The molecule has 0 aliphatic carbocycles. The van der Waals surface area contributed by atoms with Gasteiger partial charge in [0.1, 0.15) is 0 Å². The molecule has 1 aromatic carbocycles. The van der Waals surface area contributed by atoms with E-state index in [0.717, 1.165) is 0 Å². The van der Waals surface area contributed by atoms with Gasteiger partial charge in [-0.2, -0.15) is 0 Å². The van der Waals surface area contributed by atoms with Gasteiger partial charge in [-0.05, 0) is 13.0 Å². The van der Waals surface area contributed by atoms with Crippen LogP contribution in [0.4, 0.5) is 0 Å². The van der Waals surface area contributed by atoms with Crippen LogP contribution in [0.2, 0.25) is 0 Å². The summed E-state index contributed by atoms with van der Waals surface area (Å²) in [6.45, 7) is 1.87. The van der Waals surface area contributed by atoms with Gasteiger partial charge in [0.25, 0.3) is 0 Å². The Labute approximate surface area is 103 Å². The fourth-order valence-corrected chi connectivity index (χ4v) is 1.71. The predicted molar refractivity (Wildman–Crippen MR) is 61.3 cm³/mol. The molecular weight excluding hydrogens is 244 g/mol. The topological polar surface area (TPSA) is 52.6 Å². The molecule has 0 amide bonds. The Kier molecular flexibility index (Phi) is 3.15. The third-order valence-electron chi connectivity index (χ3n) is 2.24. The number of ether oxygens (including phenoxy) is 2. The minimum absolute atomic E-state index is 0.0608. The molecule has 1 heterocycles. The molecule has 4 nitrogen and oxygen atoms in total. The summed E-state index contributed by atoms with van der Waals surface area (Å²) in [5.41, 5.74) is 0.903. The van der Waals surface area contributed by atoms with E-state index in [1.807, 2.05) is 0 Å². The summed E-state index contributed by atoms with van der Waals surface area (Å²) in [6, 6.07) is 6.72. The van der Waals surface area contributed by atoms with E-state index in [1.54, 1.807) is 31.2 Å². The number of benzene rings is 1. The molecule has 0 bridgehead atoms. The van der Waals surface area contributed by atoms with Crippen LogP contribution < -0.4 is 0 Å². The Balaban J connectivity index is 2.46. The molecule has 2 rings (SSSR count). The number of rotatable bonds is 2. The van der Waals surface area contributed by atoms with E-state index in [0.29, 0.717) is 11.1 Å². The number of cyclic esters (lactones) is 1. The van der Waals surface area contributed by atoms with Gasteiger partial charge in [0.2, 0.25) is 0 Å². The van der Waals surface area contributed by atoms with Gasteiger partial charge in [-0.1, -0.05) is 29.8 Å². The summed E-state index contributed by atoms with van der Waals surface area (Å²) in [5.74, 6) is -1.16. The second-order valence-electron chi connectivity index (χ2n) is 3.30. The zero-order valence-electron chi connectivity index (χ0n) is 9.03. The normalized spacial score (nSPS) is 16.2. The van der Waals surface area contributed by atoms with E-state index in [1.165, 1.54) is 0 Å². The van der Waals surface area contributed by atoms with Gasteiger partial charge in [-0.15, -0.1) is 0 Å². The van der Waals surface area contributed by atoms with Crippen molar-refractivity contribution >= 4 is 29.3 Å². The number of hydrogen-bond acceptors (Lipinski definition) is 4. The van der Waals surface area contributed by atoms with E-state index >= 15 is 0 Å². The van der Waals surface area contributed by atoms with Gasteiger partial charge < -0.3 is 9.47 Å². The standard InChI is InChI=1S/C12H9ClO4/c1-2-16-12(15)9(13)10-7-5-3-4-6-8(7)11(14)17-10/h3-6H,2H2,1H3/b10-9-. The Morgan fingerprint density at radius 2 is 2.00 bits per heavy atom. The first-order valence-electron chi connectivity index (χ1n) is 5.03. The number of fused-ring (bicyclic) bond motifs is 1. The molecule has 0 atom stereocenters. The van der Waals surface area contributed by atoms with Crippen LogP contribution >= 0.6 is 11.6 Å². The van der Waals surface area contributed by atoms with E-state index in [4.69, 9.17) is 21.1 Å². The molecule has 17 heavy (non-hydrogen) atoms. The number of hydrogen-bond donors (Lipinski definition) is 0. The highest BCUT2D eigenvalue weighted by Gasteiger charge is 2.30. The van der Waals surface area contributed by atoms with Crippen LogP contribution in [0.15, 0.2) is 29.3 Å². The maximum absolute atomic E-state index is 11.5. The molecule has 1 aliphatic rings. The van der Waals surface area contributed by atoms with Crippen molar-refractivity contribution < 1.29 is 19.1 Å². The summed E-state index contributed by atoms with van der Waals surface area (Å²) in [4.78, 5) is 22.9. The van der Waals surface area contributed by atoms with Crippen LogP contribution in [-0.2, 0) is 14.3 Å². The summed E-state index contributed by atoms with van der Waals surface area (Å²) in [6.07, 6.45) is 0. The molecule has 0 aromatic heterocycles. The maximum atomic E-state index is 11.5. The highest BCUT2D eigenvalue weighted by Crippen LogP contribution is 2.33. The molecule has 0 unspecified atom stereocenters. The Bertz CT molecular complexity index is 519. The van der Waals surface area contributed by atoms with Crippen LogP contribution in [0.1, 0.15) is 22.8 Å². The molecule has 0 saturated carbocycles. The molecule has 1 aliphatic heterocycles. The van der Waals surface area contributed by atoms with Gasteiger partial charge in [0, 0.05) is 5.56 Å². The molecule has 88 valence electrons. The van der Waals surface area contributed by atoms with Crippen LogP contribution in [0.3, 0.4) is 0 Å². The first kappa shape index (κ1) is 11.7. The molecule has 0 fully saturated rings. The van der Waals surface area contributed by atoms with Crippen LogP contribution in [0, 0.1) is 0 Å². The van der Waals surface area contributed by atoms with Crippen molar-refractivity contribution in [1.29, 1.82) is 0 Å². The predicted octanol–water partition coefficient (Wildman–Crippen LogP) is 2.33. The third-order valence-corrected chi connectivity index (χ3v) is 2.57. The second kappa shape index (κ2) is 4.59. The van der Waals surface area contributed by atoms with Crippen molar-refractivity contribution in [3.05, 3.63) is 40.4 Å². The minimum Gasteiger partial charge on any atom is -0.462 e. The Morgan fingerprint density at radius 1 is 1.35 bits per heavy atom. The van der Waals surface area contributed by atoms with Crippen molar-refractivity contribution in [2.45, 2.75) is 6.92 Å². The molecule has 0 N–H and O–H groups in total. The van der Waals surface area contributed by atoms with Gasteiger partial charge in [-0.3, -0.25) is 0 Å². The first-order valence-corrected chi connectivity index (χ1v) is 5.41. The number of esters is 2. The van der Waals surface area contributed by atoms with Gasteiger partial charge >= 0.3 is 11.9 Å². The summed E-state index contributed by atoms with van der Waals surface area (Å²) >= 11 is 5.84. The van der Waals surface area contributed by atoms with Gasteiger partial charge in [0.05, 0.1) is 12.2 Å². The van der Waals surface area contributed by atoms with Crippen molar-refractivity contribution in [2.24, 2.45) is 0 Å². The largest absolute Gasteiger partial charge is 0.462 e. The molecular formula is C12H9ClO4. The number of carbonyl (C=O) groups is 2. The Hall–Kier alpha value is -1.81.